The predicted octanol–water partition coefficient (Wildman–Crippen LogP) is 4.00. The largest absolute Gasteiger partial charge is 0.508 e. The molecule has 2 aliphatic heterocycles. The van der Waals surface area contributed by atoms with Crippen molar-refractivity contribution >= 4 is 40.7 Å². The maximum Gasteiger partial charge on any atom is 0.347 e. The minimum absolute atomic E-state index is 0.0230. The summed E-state index contributed by atoms with van der Waals surface area (Å²) in [5.41, 5.74) is 2.30. The average molecular weight is 679 g/mol. The number of carbonyl (C=O) groups is 2. The first-order valence-electron chi connectivity index (χ1n) is 14.7. The van der Waals surface area contributed by atoms with Gasteiger partial charge in [-0.15, -0.1) is 0 Å². The molecule has 0 unspecified atom stereocenters. The number of nitrogens with zero attached hydrogens (tertiary/aromatic N) is 4. The third-order valence-electron chi connectivity index (χ3n) is 9.56. The fourth-order valence-electron chi connectivity index (χ4n) is 7.50. The molecule has 2 amide bonds. The van der Waals surface area contributed by atoms with Crippen molar-refractivity contribution in [2.45, 2.75) is 30.3 Å². The quantitative estimate of drug-likeness (QED) is 0.231. The van der Waals surface area contributed by atoms with Crippen molar-refractivity contribution < 1.29 is 24.2 Å². The van der Waals surface area contributed by atoms with Crippen molar-refractivity contribution in [2.75, 3.05) is 19.6 Å². The van der Waals surface area contributed by atoms with Gasteiger partial charge in [-0.25, -0.2) is 23.5 Å². The number of phenols is 1. The number of benzene rings is 3. The summed E-state index contributed by atoms with van der Waals surface area (Å²) in [7, 11) is 4.38. The normalized spacial score (nSPS) is 23.1. The number of hydrogen-bond donors (Lipinski definition) is 2. The van der Waals surface area contributed by atoms with Crippen molar-refractivity contribution in [3.63, 3.8) is 0 Å². The number of hydrazine groups is 1. The summed E-state index contributed by atoms with van der Waals surface area (Å²) in [5.74, 6) is -2.29. The highest BCUT2D eigenvalue weighted by Gasteiger charge is 2.69. The summed E-state index contributed by atoms with van der Waals surface area (Å²) in [6, 6.07) is 15.4. The van der Waals surface area contributed by atoms with Crippen LogP contribution in [0.5, 0.6) is 17.2 Å². The molecule has 1 aromatic heterocycles. The van der Waals surface area contributed by atoms with Gasteiger partial charge in [0, 0.05) is 29.6 Å². The van der Waals surface area contributed by atoms with E-state index in [2.05, 4.69) is 5.43 Å². The van der Waals surface area contributed by atoms with Crippen LogP contribution in [-0.4, -0.2) is 50.1 Å². The van der Waals surface area contributed by atoms with Crippen LogP contribution in [-0.2, 0) is 28.6 Å². The number of methoxy groups -OCH3 is 2. The SMILES string of the molecule is COc1ccc([C@@]23C(=O)N(Nc4ccc(Cl)cc4Cl)C(=O)[C@@H]2C[C@@H]2C(=CCn4c(=O)n(C)c(=O)n42)[C@@H]3c2ccc(O)cc2OC)cc1. The van der Waals surface area contributed by atoms with Gasteiger partial charge in [0.15, 0.2) is 0 Å². The molecule has 0 bridgehead atoms. The molecule has 14 heteroatoms. The number of ether oxygens (including phenoxy) is 2. The Morgan fingerprint density at radius 1 is 0.936 bits per heavy atom. The van der Waals surface area contributed by atoms with Gasteiger partial charge in [-0.1, -0.05) is 47.5 Å². The van der Waals surface area contributed by atoms with Gasteiger partial charge in [0.05, 0.1) is 48.8 Å². The molecule has 1 saturated carbocycles. The second-order valence-corrected chi connectivity index (χ2v) is 12.6. The smallest absolute Gasteiger partial charge is 0.347 e. The third kappa shape index (κ3) is 4.35. The minimum atomic E-state index is -1.58. The van der Waals surface area contributed by atoms with E-state index in [0.717, 1.165) is 9.58 Å². The molecule has 0 radical (unpaired) electrons. The molecule has 12 nitrogen and oxygen atoms in total. The fraction of sp³-hybridized carbons (Fsp3) is 0.273. The lowest BCUT2D eigenvalue weighted by atomic mass is 9.53. The third-order valence-corrected chi connectivity index (χ3v) is 10.1. The minimum Gasteiger partial charge on any atom is -0.508 e. The Labute approximate surface area is 277 Å². The molecule has 2 fully saturated rings. The summed E-state index contributed by atoms with van der Waals surface area (Å²) < 4.78 is 14.9. The first kappa shape index (κ1) is 30.7. The average Bonchev–Trinajstić information content (AvgIpc) is 3.42. The van der Waals surface area contributed by atoms with Crippen LogP contribution in [0.1, 0.15) is 29.5 Å². The van der Waals surface area contributed by atoms with Crippen LogP contribution in [0.3, 0.4) is 0 Å². The van der Waals surface area contributed by atoms with E-state index in [4.69, 9.17) is 32.7 Å². The molecule has 4 aromatic rings. The Morgan fingerprint density at radius 2 is 1.68 bits per heavy atom. The number of aromatic hydroxyl groups is 1. The number of allylic oxidation sites excluding steroid dienone is 2. The van der Waals surface area contributed by atoms with Crippen LogP contribution >= 0.6 is 23.2 Å². The zero-order chi connectivity index (χ0) is 33.4. The summed E-state index contributed by atoms with van der Waals surface area (Å²) in [4.78, 5) is 56.5. The number of hydrogen-bond acceptors (Lipinski definition) is 8. The van der Waals surface area contributed by atoms with Gasteiger partial charge in [0.2, 0.25) is 0 Å². The first-order chi connectivity index (χ1) is 22.5. The Morgan fingerprint density at radius 3 is 2.36 bits per heavy atom. The topological polar surface area (TPSA) is 137 Å². The summed E-state index contributed by atoms with van der Waals surface area (Å²) in [5, 5.41) is 12.0. The molecule has 7 rings (SSSR count). The van der Waals surface area contributed by atoms with Gasteiger partial charge in [-0.3, -0.25) is 15.0 Å². The van der Waals surface area contributed by atoms with Gasteiger partial charge in [-0.2, -0.15) is 5.01 Å². The van der Waals surface area contributed by atoms with Crippen LogP contribution in [0.4, 0.5) is 5.69 Å². The molecule has 242 valence electrons. The van der Waals surface area contributed by atoms with Crippen LogP contribution in [0.2, 0.25) is 10.0 Å². The van der Waals surface area contributed by atoms with Crippen LogP contribution in [0.25, 0.3) is 0 Å². The zero-order valence-electron chi connectivity index (χ0n) is 25.4. The number of nitrogens with one attached hydrogen (secondary N) is 1. The summed E-state index contributed by atoms with van der Waals surface area (Å²) in [6.07, 6.45) is 1.86. The second-order valence-electron chi connectivity index (χ2n) is 11.7. The standard InChI is InChI=1S/C33H29Cl2N5O7/c1-37-31(44)38-13-12-21-26(40(38)32(37)45)16-23-29(42)39(36-25-11-6-18(34)14-24(25)35)30(43)33(23,17-4-8-20(46-2)9-5-17)28(21)22-10-7-19(41)15-27(22)47-3/h4-12,14-15,23,26,28,36,41H,13,16H2,1-3H3/t23-,26+,28+,33+/m0/s1. The van der Waals surface area contributed by atoms with Crippen LogP contribution in [0.15, 0.2) is 81.9 Å². The molecule has 3 aromatic carbocycles. The van der Waals surface area contributed by atoms with E-state index in [1.807, 2.05) is 6.08 Å². The molecule has 1 saturated heterocycles. The monoisotopic (exact) mass is 677 g/mol. The number of carbonyl (C=O) groups excluding carboxylic acids is 2. The van der Waals surface area contributed by atoms with Gasteiger partial charge in [-0.05, 0) is 54.0 Å². The maximum atomic E-state index is 15.2. The first-order valence-corrected chi connectivity index (χ1v) is 15.5. The Balaban J connectivity index is 1.53. The van der Waals surface area contributed by atoms with E-state index in [9.17, 15) is 19.5 Å². The molecule has 2 N–H and O–H groups in total. The van der Waals surface area contributed by atoms with E-state index in [-0.39, 0.29) is 35.2 Å². The number of phenolic OH excluding ortho intramolecular Hbond substituents is 1. The highest BCUT2D eigenvalue weighted by atomic mass is 35.5. The van der Waals surface area contributed by atoms with Gasteiger partial charge in [0.1, 0.15) is 17.2 Å². The lowest BCUT2D eigenvalue weighted by Crippen LogP contribution is -2.53. The van der Waals surface area contributed by atoms with Crippen molar-refractivity contribution in [2.24, 2.45) is 13.0 Å². The highest BCUT2D eigenvalue weighted by Crippen LogP contribution is 2.63. The van der Waals surface area contributed by atoms with Crippen molar-refractivity contribution in [1.82, 2.24) is 18.9 Å². The van der Waals surface area contributed by atoms with E-state index < -0.39 is 46.5 Å². The lowest BCUT2D eigenvalue weighted by Gasteiger charge is -2.49. The van der Waals surface area contributed by atoms with Gasteiger partial charge >= 0.3 is 11.4 Å². The maximum absolute atomic E-state index is 15.2. The van der Waals surface area contributed by atoms with Crippen LogP contribution in [0, 0.1) is 5.92 Å². The number of imide groups is 1. The summed E-state index contributed by atoms with van der Waals surface area (Å²) in [6.45, 7) is 0.0610. The second kappa shape index (κ2) is 11.1. The van der Waals surface area contributed by atoms with E-state index in [1.54, 1.807) is 42.5 Å². The van der Waals surface area contributed by atoms with Crippen molar-refractivity contribution in [3.8, 4) is 17.2 Å². The van der Waals surface area contributed by atoms with E-state index in [1.165, 1.54) is 48.8 Å². The Kier molecular flexibility index (Phi) is 7.25. The van der Waals surface area contributed by atoms with Crippen molar-refractivity contribution in [3.05, 3.63) is 114 Å². The van der Waals surface area contributed by atoms with Gasteiger partial charge in [0.25, 0.3) is 11.8 Å². The zero-order valence-corrected chi connectivity index (χ0v) is 27.0. The number of anilines is 1. The highest BCUT2D eigenvalue weighted by molar-refractivity contribution is 6.36. The molecule has 3 aliphatic rings. The lowest BCUT2D eigenvalue weighted by molar-refractivity contribution is -0.138. The van der Waals surface area contributed by atoms with E-state index in [0.29, 0.717) is 27.5 Å². The number of amides is 2. The molecule has 1 aliphatic carbocycles. The van der Waals surface area contributed by atoms with Gasteiger partial charge < -0.3 is 14.6 Å². The molecule has 0 spiro atoms. The molecule has 3 heterocycles. The van der Waals surface area contributed by atoms with Crippen LogP contribution < -0.4 is 26.3 Å². The molecule has 47 heavy (non-hydrogen) atoms. The molecule has 4 atom stereocenters. The summed E-state index contributed by atoms with van der Waals surface area (Å²) >= 11 is 12.6. The van der Waals surface area contributed by atoms with Crippen molar-refractivity contribution in [1.29, 1.82) is 0 Å². The number of halogens is 2. The predicted molar refractivity (Wildman–Crippen MR) is 173 cm³/mol. The number of fused-ring (bicyclic) bond motifs is 4. The molecular weight excluding hydrogens is 649 g/mol. The molecular formula is C33H29Cl2N5O7. The fourth-order valence-corrected chi connectivity index (χ4v) is 7.95. The number of aromatic nitrogens is 3. The Hall–Kier alpha value is -4.94. The van der Waals surface area contributed by atoms with E-state index >= 15 is 4.79 Å². The number of rotatable bonds is 6. The Bertz CT molecular complexity index is 2120.